The summed E-state index contributed by atoms with van der Waals surface area (Å²) >= 11 is 0. The van der Waals surface area contributed by atoms with Gasteiger partial charge in [-0.25, -0.2) is 4.79 Å². The monoisotopic (exact) mass is 287 g/mol. The average Bonchev–Trinajstić information content (AvgIpc) is 2.43. The van der Waals surface area contributed by atoms with Crippen molar-refractivity contribution < 1.29 is 14.3 Å². The van der Waals surface area contributed by atoms with Gasteiger partial charge in [-0.15, -0.1) is 0 Å². The summed E-state index contributed by atoms with van der Waals surface area (Å²) in [4.78, 5) is 11.9. The van der Waals surface area contributed by atoms with Gasteiger partial charge in [0.15, 0.2) is 0 Å². The third kappa shape index (κ3) is 2.82. The Hall–Kier alpha value is -2.15. The van der Waals surface area contributed by atoms with E-state index in [0.29, 0.717) is 5.75 Å². The van der Waals surface area contributed by atoms with E-state index in [4.69, 9.17) is 9.47 Å². The lowest BCUT2D eigenvalue weighted by Gasteiger charge is -2.37. The van der Waals surface area contributed by atoms with Crippen LogP contribution in [0.15, 0.2) is 18.2 Å². The summed E-state index contributed by atoms with van der Waals surface area (Å²) in [6.45, 7) is 8.01. The largest absolute Gasteiger partial charge is 0.497 e. The van der Waals surface area contributed by atoms with Gasteiger partial charge in [0.25, 0.3) is 0 Å². The average molecular weight is 287 g/mol. The van der Waals surface area contributed by atoms with Gasteiger partial charge in [-0.05, 0) is 24.1 Å². The Labute approximate surface area is 125 Å². The first kappa shape index (κ1) is 15.2. The van der Waals surface area contributed by atoms with Gasteiger partial charge in [0, 0.05) is 17.4 Å². The molecule has 0 saturated heterocycles. The van der Waals surface area contributed by atoms with Crippen molar-refractivity contribution in [3.8, 4) is 17.6 Å². The van der Waals surface area contributed by atoms with Crippen LogP contribution in [0.5, 0.6) is 5.75 Å². The Balaban J connectivity index is 2.66. The first-order valence-corrected chi connectivity index (χ1v) is 7.10. The topological polar surface area (TPSA) is 47.6 Å². The molecule has 0 aliphatic carbocycles. The van der Waals surface area contributed by atoms with Crippen LogP contribution >= 0.6 is 0 Å². The molecule has 1 aromatic carbocycles. The van der Waals surface area contributed by atoms with E-state index in [2.05, 4.69) is 17.2 Å². The highest BCUT2D eigenvalue weighted by atomic mass is 16.6. The lowest BCUT2D eigenvalue weighted by atomic mass is 9.81. The van der Waals surface area contributed by atoms with Crippen molar-refractivity contribution in [2.45, 2.75) is 33.3 Å². The Morgan fingerprint density at radius 3 is 2.57 bits per heavy atom. The minimum Gasteiger partial charge on any atom is -0.497 e. The molecule has 1 N–H and O–H groups in total. The molecule has 0 aromatic heterocycles. The molecule has 4 nitrogen and oxygen atoms in total. The van der Waals surface area contributed by atoms with E-state index in [0.717, 1.165) is 11.3 Å². The third-order valence-electron chi connectivity index (χ3n) is 3.48. The maximum absolute atomic E-state index is 11.9. The Morgan fingerprint density at radius 2 is 2.00 bits per heavy atom. The molecule has 1 aliphatic heterocycles. The normalized spacial score (nSPS) is 20.2. The fourth-order valence-corrected chi connectivity index (χ4v) is 2.32. The first-order chi connectivity index (χ1) is 9.89. The van der Waals surface area contributed by atoms with E-state index in [9.17, 15) is 4.79 Å². The summed E-state index contributed by atoms with van der Waals surface area (Å²) in [6, 6.07) is 5.51. The quantitative estimate of drug-likeness (QED) is 0.842. The number of methoxy groups -OCH3 is 1. The van der Waals surface area contributed by atoms with Crippen LogP contribution in [0.1, 0.15) is 33.3 Å². The molecular weight excluding hydrogens is 266 g/mol. The molecule has 1 aromatic rings. The lowest BCUT2D eigenvalue weighted by molar-refractivity contribution is 0.0222. The molecule has 2 rings (SSSR count). The number of anilines is 1. The van der Waals surface area contributed by atoms with Crippen molar-refractivity contribution in [2.24, 2.45) is 11.8 Å². The fraction of sp³-hybridized carbons (Fsp3) is 0.471. The molecule has 1 unspecified atom stereocenters. The molecule has 0 radical (unpaired) electrons. The maximum atomic E-state index is 11.9. The van der Waals surface area contributed by atoms with Crippen molar-refractivity contribution in [2.75, 3.05) is 12.4 Å². The molecule has 1 amide bonds. The van der Waals surface area contributed by atoms with E-state index in [1.54, 1.807) is 7.11 Å². The van der Waals surface area contributed by atoms with Gasteiger partial charge >= 0.3 is 6.09 Å². The van der Waals surface area contributed by atoms with Crippen LogP contribution in [0.3, 0.4) is 0 Å². The van der Waals surface area contributed by atoms with Crippen LogP contribution in [-0.2, 0) is 10.3 Å². The number of ether oxygens (including phenoxy) is 2. The van der Waals surface area contributed by atoms with E-state index in [1.807, 2.05) is 45.9 Å². The molecule has 0 spiro atoms. The predicted molar refractivity (Wildman–Crippen MR) is 82.2 cm³/mol. The summed E-state index contributed by atoms with van der Waals surface area (Å²) in [5, 5.41) is 2.72. The highest BCUT2D eigenvalue weighted by molar-refractivity contribution is 5.89. The van der Waals surface area contributed by atoms with Gasteiger partial charge in [0.2, 0.25) is 5.60 Å². The van der Waals surface area contributed by atoms with Crippen LogP contribution in [0.25, 0.3) is 0 Å². The number of carbonyl (C=O) groups is 1. The van der Waals surface area contributed by atoms with Gasteiger partial charge in [-0.1, -0.05) is 33.6 Å². The smallest absolute Gasteiger partial charge is 0.413 e. The molecule has 0 fully saturated rings. The van der Waals surface area contributed by atoms with Gasteiger partial charge in [-0.3, -0.25) is 5.32 Å². The number of nitrogens with one attached hydrogen (secondary N) is 1. The van der Waals surface area contributed by atoms with Crippen molar-refractivity contribution in [1.82, 2.24) is 0 Å². The van der Waals surface area contributed by atoms with Crippen molar-refractivity contribution in [3.05, 3.63) is 23.8 Å². The SMILES string of the molecule is COc1ccc2c(c1)C(C#CC(C)C)(C(C)C)OC(=O)N2. The second-order valence-corrected chi connectivity index (χ2v) is 5.74. The number of carbonyl (C=O) groups excluding carboxylic acids is 1. The molecule has 1 atom stereocenters. The number of amides is 1. The third-order valence-corrected chi connectivity index (χ3v) is 3.48. The molecule has 1 heterocycles. The van der Waals surface area contributed by atoms with E-state index >= 15 is 0 Å². The van der Waals surface area contributed by atoms with Crippen LogP contribution < -0.4 is 10.1 Å². The number of benzene rings is 1. The van der Waals surface area contributed by atoms with Gasteiger partial charge in [0.1, 0.15) is 5.75 Å². The standard InChI is InChI=1S/C17H21NO3/c1-11(2)8-9-17(12(3)4)14-10-13(20-5)6-7-15(14)18-16(19)21-17/h6-7,10-12H,1-5H3,(H,18,19). The number of cyclic esters (lactones) is 1. The molecule has 0 saturated carbocycles. The predicted octanol–water partition coefficient (Wildman–Crippen LogP) is 3.77. The van der Waals surface area contributed by atoms with Crippen molar-refractivity contribution >= 4 is 11.8 Å². The van der Waals surface area contributed by atoms with Gasteiger partial charge in [-0.2, -0.15) is 0 Å². The van der Waals surface area contributed by atoms with E-state index in [1.165, 1.54) is 0 Å². The molecular formula is C17H21NO3. The van der Waals surface area contributed by atoms with Crippen molar-refractivity contribution in [1.29, 1.82) is 0 Å². The lowest BCUT2D eigenvalue weighted by Crippen LogP contribution is -2.42. The summed E-state index contributed by atoms with van der Waals surface area (Å²) in [5.41, 5.74) is 0.611. The Bertz CT molecular complexity index is 610. The summed E-state index contributed by atoms with van der Waals surface area (Å²) in [5.74, 6) is 7.25. The van der Waals surface area contributed by atoms with Crippen LogP contribution in [0, 0.1) is 23.7 Å². The minimum absolute atomic E-state index is 0.0145. The zero-order valence-electron chi connectivity index (χ0n) is 13.1. The molecule has 1 aliphatic rings. The molecule has 21 heavy (non-hydrogen) atoms. The number of hydrogen-bond donors (Lipinski definition) is 1. The van der Waals surface area contributed by atoms with Crippen molar-refractivity contribution in [3.63, 3.8) is 0 Å². The van der Waals surface area contributed by atoms with E-state index in [-0.39, 0.29) is 11.8 Å². The molecule has 112 valence electrons. The van der Waals surface area contributed by atoms with Gasteiger partial charge < -0.3 is 9.47 Å². The fourth-order valence-electron chi connectivity index (χ4n) is 2.32. The highest BCUT2D eigenvalue weighted by Crippen LogP contribution is 2.42. The molecule has 4 heteroatoms. The summed E-state index contributed by atoms with van der Waals surface area (Å²) in [7, 11) is 1.61. The zero-order chi connectivity index (χ0) is 15.6. The summed E-state index contributed by atoms with van der Waals surface area (Å²) < 4.78 is 10.9. The number of fused-ring (bicyclic) bond motifs is 1. The maximum Gasteiger partial charge on any atom is 0.413 e. The van der Waals surface area contributed by atoms with Crippen LogP contribution in [-0.4, -0.2) is 13.2 Å². The Morgan fingerprint density at radius 1 is 1.29 bits per heavy atom. The highest BCUT2D eigenvalue weighted by Gasteiger charge is 2.44. The summed E-state index contributed by atoms with van der Waals surface area (Å²) in [6.07, 6.45) is -0.473. The zero-order valence-corrected chi connectivity index (χ0v) is 13.1. The molecule has 0 bridgehead atoms. The minimum atomic E-state index is -0.948. The first-order valence-electron chi connectivity index (χ1n) is 7.10. The van der Waals surface area contributed by atoms with Crippen LogP contribution in [0.2, 0.25) is 0 Å². The van der Waals surface area contributed by atoms with Crippen LogP contribution in [0.4, 0.5) is 10.5 Å². The van der Waals surface area contributed by atoms with Gasteiger partial charge in [0.05, 0.1) is 12.8 Å². The number of rotatable bonds is 2. The second-order valence-electron chi connectivity index (χ2n) is 5.74. The number of hydrogen-bond acceptors (Lipinski definition) is 3. The second kappa shape index (κ2) is 5.69. The Kier molecular flexibility index (Phi) is 4.13. The van der Waals surface area contributed by atoms with E-state index < -0.39 is 11.7 Å².